The summed E-state index contributed by atoms with van der Waals surface area (Å²) in [7, 11) is 0. The van der Waals surface area contributed by atoms with Crippen molar-refractivity contribution in [3.8, 4) is 0 Å². The zero-order chi connectivity index (χ0) is 24.7. The molecule has 0 amide bonds. The molecule has 0 bridgehead atoms. The molecule has 7 heteroatoms. The van der Waals surface area contributed by atoms with E-state index in [4.69, 9.17) is 0 Å². The van der Waals surface area contributed by atoms with E-state index >= 15 is 0 Å². The monoisotopic (exact) mass is 554 g/mol. The summed E-state index contributed by atoms with van der Waals surface area (Å²) in [6.07, 6.45) is 23.9. The van der Waals surface area contributed by atoms with Crippen LogP contribution in [0.15, 0.2) is 0 Å². The molecule has 0 aromatic carbocycles. The van der Waals surface area contributed by atoms with E-state index in [0.29, 0.717) is 36.3 Å². The van der Waals surface area contributed by atoms with Crippen molar-refractivity contribution in [2.75, 3.05) is 39.3 Å². The summed E-state index contributed by atoms with van der Waals surface area (Å²) >= 11 is 0. The second kappa shape index (κ2) is 19.4. The Hall–Kier alpha value is 0.279. The first-order valence-electron chi connectivity index (χ1n) is 15.9. The van der Waals surface area contributed by atoms with Crippen LogP contribution in [0.25, 0.3) is 31.9 Å². The van der Waals surface area contributed by atoms with Gasteiger partial charge in [0.1, 0.15) is 0 Å². The first-order chi connectivity index (χ1) is 17.9. The third kappa shape index (κ3) is 11.7. The minimum absolute atomic E-state index is 0. The molecule has 6 heterocycles. The molecule has 6 rings (SSSR count). The van der Waals surface area contributed by atoms with Gasteiger partial charge in [-0.25, -0.2) is 0 Å². The third-order valence-electron chi connectivity index (χ3n) is 8.96. The Morgan fingerprint density at radius 2 is 0.405 bits per heavy atom. The van der Waals surface area contributed by atoms with Gasteiger partial charge in [-0.3, -0.25) is 0 Å². The summed E-state index contributed by atoms with van der Waals surface area (Å²) < 4.78 is 0. The molecule has 0 N–H and O–H groups in total. The molecule has 6 atom stereocenters. The summed E-state index contributed by atoms with van der Waals surface area (Å²) in [6, 6.07) is 3.58. The largest absolute Gasteiger partial charge is 6.00 e. The van der Waals surface area contributed by atoms with Crippen LogP contribution < -0.4 is 0 Å². The van der Waals surface area contributed by atoms with Crippen LogP contribution in [0, 0.1) is 0 Å². The summed E-state index contributed by atoms with van der Waals surface area (Å²) in [4.78, 5) is 0. The molecular weight excluding hydrogens is 500 g/mol. The Bertz CT molecular complexity index is 406. The van der Waals surface area contributed by atoms with Gasteiger partial charge in [-0.05, 0) is 0 Å². The number of rotatable bonds is 3. The maximum atomic E-state index is 4.66. The fourth-order valence-electron chi connectivity index (χ4n) is 6.77. The van der Waals surface area contributed by atoms with Crippen molar-refractivity contribution in [3.63, 3.8) is 0 Å². The smallest absolute Gasteiger partial charge is 0.661 e. The van der Waals surface area contributed by atoms with E-state index in [2.05, 4.69) is 31.9 Å². The molecule has 0 aromatic heterocycles. The van der Waals surface area contributed by atoms with Crippen LogP contribution >= 0.6 is 0 Å². The second-order valence-corrected chi connectivity index (χ2v) is 11.8. The topological polar surface area (TPSA) is 84.6 Å². The van der Waals surface area contributed by atoms with E-state index in [1.807, 2.05) is 0 Å². The number of hydrogen-bond donors (Lipinski definition) is 0. The number of piperidine rings is 6. The normalized spacial score (nSPS) is 37.0. The van der Waals surface area contributed by atoms with Gasteiger partial charge in [-0.1, -0.05) is 116 Å². The summed E-state index contributed by atoms with van der Waals surface area (Å²) in [5, 5.41) is 28.0. The second-order valence-electron chi connectivity index (χ2n) is 11.8. The molecule has 0 spiro atoms. The SMILES string of the molecule is C1CCC(C2CCCC[N-]2)[N-]C1.C1CCC(C2CCCC[N-]2)[N-]C1.C1CCC(C2CCCC[N-]2)[N-]C1.[Fe+6]. The van der Waals surface area contributed by atoms with Gasteiger partial charge in [-0.15, -0.1) is 39.3 Å². The van der Waals surface area contributed by atoms with E-state index < -0.39 is 0 Å². The van der Waals surface area contributed by atoms with E-state index in [-0.39, 0.29) is 17.1 Å². The molecule has 6 aliphatic heterocycles. The number of hydrogen-bond acceptors (Lipinski definition) is 0. The molecule has 6 saturated heterocycles. The zero-order valence-electron chi connectivity index (χ0n) is 23.5. The van der Waals surface area contributed by atoms with Gasteiger partial charge >= 0.3 is 17.1 Å². The van der Waals surface area contributed by atoms with Crippen LogP contribution in [0.1, 0.15) is 116 Å². The molecule has 6 aliphatic rings. The molecule has 0 aliphatic carbocycles. The van der Waals surface area contributed by atoms with Crippen molar-refractivity contribution in [2.24, 2.45) is 0 Å². The Labute approximate surface area is 239 Å². The van der Waals surface area contributed by atoms with Gasteiger partial charge in [0.2, 0.25) is 0 Å². The molecule has 37 heavy (non-hydrogen) atoms. The molecule has 6 nitrogen and oxygen atoms in total. The predicted octanol–water partition coefficient (Wildman–Crippen LogP) is 8.51. The Balaban J connectivity index is 0.000000152. The minimum atomic E-state index is 0. The van der Waals surface area contributed by atoms with Crippen molar-refractivity contribution in [2.45, 2.75) is 152 Å². The van der Waals surface area contributed by atoms with E-state index in [1.165, 1.54) is 116 Å². The van der Waals surface area contributed by atoms with Gasteiger partial charge in [-0.2, -0.15) is 36.3 Å². The van der Waals surface area contributed by atoms with Gasteiger partial charge in [0.15, 0.2) is 0 Å². The number of nitrogens with zero attached hydrogens (tertiary/aromatic N) is 6. The first-order valence-corrected chi connectivity index (χ1v) is 15.9. The maximum absolute atomic E-state index is 4.66. The molecular formula is C30H54FeN6. The summed E-state index contributed by atoms with van der Waals surface area (Å²) in [5.41, 5.74) is 0. The Kier molecular flexibility index (Phi) is 16.7. The first kappa shape index (κ1) is 31.8. The van der Waals surface area contributed by atoms with Crippen LogP contribution in [0.2, 0.25) is 0 Å². The Morgan fingerprint density at radius 1 is 0.243 bits per heavy atom. The van der Waals surface area contributed by atoms with E-state index in [9.17, 15) is 0 Å². The van der Waals surface area contributed by atoms with E-state index in [0.717, 1.165) is 39.3 Å². The van der Waals surface area contributed by atoms with Crippen molar-refractivity contribution in [3.05, 3.63) is 31.9 Å². The molecule has 6 fully saturated rings. The molecule has 0 saturated carbocycles. The van der Waals surface area contributed by atoms with E-state index in [1.54, 1.807) is 0 Å². The van der Waals surface area contributed by atoms with Gasteiger partial charge in [0, 0.05) is 0 Å². The molecule has 0 aromatic rings. The maximum Gasteiger partial charge on any atom is 6.00 e. The molecule has 0 radical (unpaired) electrons. The standard InChI is InChI=1S/3C10H18N2.Fe/c3*1-3-7-11-9(5-1)10-6-2-4-8-12-10;/h3*9-10H,1-8H2;/q3*-2;+6. The fourth-order valence-corrected chi connectivity index (χ4v) is 6.77. The van der Waals surface area contributed by atoms with Gasteiger partial charge in [0.05, 0.1) is 0 Å². The Morgan fingerprint density at radius 3 is 0.514 bits per heavy atom. The molecule has 212 valence electrons. The van der Waals surface area contributed by atoms with Crippen LogP contribution in [0.3, 0.4) is 0 Å². The van der Waals surface area contributed by atoms with Crippen molar-refractivity contribution < 1.29 is 17.1 Å². The van der Waals surface area contributed by atoms with Crippen molar-refractivity contribution >= 4 is 0 Å². The van der Waals surface area contributed by atoms with Gasteiger partial charge < -0.3 is 31.9 Å². The fraction of sp³-hybridized carbons (Fsp3) is 1.00. The van der Waals surface area contributed by atoms with Crippen LogP contribution in [0.5, 0.6) is 0 Å². The van der Waals surface area contributed by atoms with Crippen molar-refractivity contribution in [1.29, 1.82) is 0 Å². The van der Waals surface area contributed by atoms with Gasteiger partial charge in [0.25, 0.3) is 0 Å². The van der Waals surface area contributed by atoms with Crippen LogP contribution in [0.4, 0.5) is 0 Å². The summed E-state index contributed by atoms with van der Waals surface area (Å²) in [5.74, 6) is 0. The zero-order valence-corrected chi connectivity index (χ0v) is 24.6. The van der Waals surface area contributed by atoms with Crippen LogP contribution in [-0.4, -0.2) is 75.5 Å². The van der Waals surface area contributed by atoms with Crippen LogP contribution in [-0.2, 0) is 17.1 Å². The molecule has 6 unspecified atom stereocenters. The predicted molar refractivity (Wildman–Crippen MR) is 155 cm³/mol. The average Bonchev–Trinajstić information content (AvgIpc) is 3.01. The third-order valence-corrected chi connectivity index (χ3v) is 8.96. The summed E-state index contributed by atoms with van der Waals surface area (Å²) in [6.45, 7) is 6.56. The average molecular weight is 555 g/mol. The minimum Gasteiger partial charge on any atom is -0.661 e. The van der Waals surface area contributed by atoms with Crippen molar-refractivity contribution in [1.82, 2.24) is 0 Å². The quantitative estimate of drug-likeness (QED) is 0.313.